The summed E-state index contributed by atoms with van der Waals surface area (Å²) in [6.07, 6.45) is -2.53. The molecule has 4 atom stereocenters. The molecule has 0 bridgehead atoms. The number of benzene rings is 2. The maximum absolute atomic E-state index is 13.7. The summed E-state index contributed by atoms with van der Waals surface area (Å²) in [6.45, 7) is -0.210. The number of hydrogen-bond donors (Lipinski definition) is 3. The molecule has 0 saturated carbocycles. The van der Waals surface area contributed by atoms with Gasteiger partial charge < -0.3 is 9.84 Å². The predicted molar refractivity (Wildman–Crippen MR) is 129 cm³/mol. The van der Waals surface area contributed by atoms with Crippen molar-refractivity contribution in [1.29, 1.82) is 0 Å². The standard InChI is InChI=1S/C23H24ClFN3O7P/c24-17-8-6-16(7-9-17)13-33-36(32,26-11-15-4-2-1-3-5-15)34-14-20-19(29)10-21(35-20)28-12-18(25)22(30)27-23(28)31/h1-9,12,19-21,29H,10-11,13-14H2,(H,26,32)(H,27,30,31)/t19-,20+,21+,36?/m0/s1. The van der Waals surface area contributed by atoms with Crippen molar-refractivity contribution in [3.8, 4) is 0 Å². The minimum atomic E-state index is -3.91. The van der Waals surface area contributed by atoms with Crippen molar-refractivity contribution < 1.29 is 27.8 Å². The van der Waals surface area contributed by atoms with Crippen LogP contribution in [0.25, 0.3) is 0 Å². The van der Waals surface area contributed by atoms with Gasteiger partial charge in [-0.25, -0.2) is 14.4 Å². The number of aromatic amines is 1. The van der Waals surface area contributed by atoms with Crippen molar-refractivity contribution in [2.75, 3.05) is 6.61 Å². The maximum atomic E-state index is 13.7. The Hall–Kier alpha value is -2.63. The summed E-state index contributed by atoms with van der Waals surface area (Å²) in [6, 6.07) is 16.0. The van der Waals surface area contributed by atoms with Crippen molar-refractivity contribution in [3.63, 3.8) is 0 Å². The van der Waals surface area contributed by atoms with Crippen LogP contribution in [0.3, 0.4) is 0 Å². The molecule has 1 aliphatic rings. The molecule has 3 N–H and O–H groups in total. The number of ether oxygens (including phenoxy) is 1. The molecular weight excluding hydrogens is 516 g/mol. The van der Waals surface area contributed by atoms with Gasteiger partial charge in [-0.15, -0.1) is 0 Å². The van der Waals surface area contributed by atoms with E-state index in [9.17, 15) is 23.7 Å². The van der Waals surface area contributed by atoms with Gasteiger partial charge in [-0.3, -0.25) is 23.4 Å². The van der Waals surface area contributed by atoms with E-state index in [2.05, 4.69) is 5.09 Å². The summed E-state index contributed by atoms with van der Waals surface area (Å²) in [5, 5.41) is 13.8. The fourth-order valence-corrected chi connectivity index (χ4v) is 4.96. The molecule has 0 spiro atoms. The molecule has 3 aromatic rings. The van der Waals surface area contributed by atoms with Crippen LogP contribution < -0.4 is 16.3 Å². The summed E-state index contributed by atoms with van der Waals surface area (Å²) in [7, 11) is -3.91. The highest BCUT2D eigenvalue weighted by molar-refractivity contribution is 7.51. The number of aliphatic hydroxyl groups is 1. The van der Waals surface area contributed by atoms with Crippen molar-refractivity contribution in [3.05, 3.63) is 104 Å². The zero-order chi connectivity index (χ0) is 25.7. The summed E-state index contributed by atoms with van der Waals surface area (Å²) in [5.74, 6) is -1.17. The molecule has 0 radical (unpaired) electrons. The summed E-state index contributed by atoms with van der Waals surface area (Å²) >= 11 is 5.91. The molecule has 1 unspecified atom stereocenters. The predicted octanol–water partition coefficient (Wildman–Crippen LogP) is 3.11. The van der Waals surface area contributed by atoms with Crippen LogP contribution in [0.2, 0.25) is 5.02 Å². The van der Waals surface area contributed by atoms with Gasteiger partial charge in [0.25, 0.3) is 5.56 Å². The molecule has 192 valence electrons. The van der Waals surface area contributed by atoms with Crippen LogP contribution in [0.15, 0.2) is 70.4 Å². The summed E-state index contributed by atoms with van der Waals surface area (Å²) in [4.78, 5) is 25.2. The number of nitrogens with one attached hydrogen (secondary N) is 2. The lowest BCUT2D eigenvalue weighted by Crippen LogP contribution is -2.34. The number of aromatic nitrogens is 2. The molecule has 0 aliphatic carbocycles. The van der Waals surface area contributed by atoms with Gasteiger partial charge in [0, 0.05) is 18.0 Å². The normalized spacial score (nSPS) is 21.4. The van der Waals surface area contributed by atoms with Gasteiger partial charge in [0.05, 0.1) is 25.5 Å². The molecule has 1 fully saturated rings. The smallest absolute Gasteiger partial charge is 0.390 e. The zero-order valence-corrected chi connectivity index (χ0v) is 20.5. The molecule has 4 rings (SSSR count). The van der Waals surface area contributed by atoms with E-state index in [1.807, 2.05) is 35.3 Å². The largest absolute Gasteiger partial charge is 0.406 e. The number of aliphatic hydroxyl groups excluding tert-OH is 1. The molecular formula is C23H24ClFN3O7P. The fourth-order valence-electron chi connectivity index (χ4n) is 3.53. The van der Waals surface area contributed by atoms with E-state index in [0.717, 1.165) is 10.1 Å². The first-order chi connectivity index (χ1) is 17.2. The molecule has 1 aromatic heterocycles. The van der Waals surface area contributed by atoms with E-state index in [0.29, 0.717) is 16.8 Å². The Kier molecular flexibility index (Phi) is 8.53. The van der Waals surface area contributed by atoms with Crippen LogP contribution in [0.5, 0.6) is 0 Å². The first kappa shape index (κ1) is 26.4. The van der Waals surface area contributed by atoms with Gasteiger partial charge in [-0.1, -0.05) is 54.1 Å². The van der Waals surface area contributed by atoms with E-state index in [1.165, 1.54) is 0 Å². The van der Waals surface area contributed by atoms with Crippen LogP contribution in [-0.2, 0) is 31.5 Å². The Balaban J connectivity index is 1.43. The fraction of sp³-hybridized carbons (Fsp3) is 0.304. The molecule has 2 heterocycles. The Morgan fingerprint density at radius 2 is 1.86 bits per heavy atom. The molecule has 1 saturated heterocycles. The zero-order valence-electron chi connectivity index (χ0n) is 18.9. The third-order valence-electron chi connectivity index (χ3n) is 5.48. The third kappa shape index (κ3) is 6.77. The van der Waals surface area contributed by atoms with Gasteiger partial charge >= 0.3 is 13.4 Å². The van der Waals surface area contributed by atoms with Crippen LogP contribution in [0, 0.1) is 5.82 Å². The van der Waals surface area contributed by atoms with Gasteiger partial charge in [0.15, 0.2) is 0 Å². The minimum absolute atomic E-state index is 0.0427. The van der Waals surface area contributed by atoms with Crippen LogP contribution in [-0.4, -0.2) is 33.5 Å². The maximum Gasteiger partial charge on any atom is 0.406 e. The number of halogens is 2. The average molecular weight is 540 g/mol. The van der Waals surface area contributed by atoms with Crippen LogP contribution in [0.1, 0.15) is 23.8 Å². The van der Waals surface area contributed by atoms with Crippen molar-refractivity contribution in [1.82, 2.24) is 14.6 Å². The van der Waals surface area contributed by atoms with E-state index < -0.39 is 43.2 Å². The second-order valence-corrected chi connectivity index (χ2v) is 10.4. The third-order valence-corrected chi connectivity index (χ3v) is 7.24. The van der Waals surface area contributed by atoms with Crippen molar-refractivity contribution in [2.24, 2.45) is 0 Å². The molecule has 0 amide bonds. The lowest BCUT2D eigenvalue weighted by Gasteiger charge is -2.22. The first-order valence-corrected chi connectivity index (χ1v) is 12.9. The lowest BCUT2D eigenvalue weighted by atomic mass is 10.2. The highest BCUT2D eigenvalue weighted by Gasteiger charge is 2.38. The highest BCUT2D eigenvalue weighted by Crippen LogP contribution is 2.46. The van der Waals surface area contributed by atoms with Crippen LogP contribution >= 0.6 is 19.3 Å². The Bertz CT molecular complexity index is 1340. The van der Waals surface area contributed by atoms with E-state index in [1.54, 1.807) is 24.3 Å². The Morgan fingerprint density at radius 3 is 2.58 bits per heavy atom. The van der Waals surface area contributed by atoms with Crippen molar-refractivity contribution >= 4 is 19.3 Å². The summed E-state index contributed by atoms with van der Waals surface area (Å²) in [5.41, 5.74) is -0.492. The molecule has 1 aliphatic heterocycles. The molecule has 10 nitrogen and oxygen atoms in total. The molecule has 36 heavy (non-hydrogen) atoms. The SMILES string of the molecule is O=c1[nH]c(=O)n([C@H]2C[C@H](O)[C@@H](COP(=O)(NCc3ccccc3)OCc3ccc(Cl)cc3)O2)cc1F. The van der Waals surface area contributed by atoms with Gasteiger partial charge in [0.1, 0.15) is 12.3 Å². The first-order valence-electron chi connectivity index (χ1n) is 11.0. The van der Waals surface area contributed by atoms with Gasteiger partial charge in [-0.2, -0.15) is 4.39 Å². The van der Waals surface area contributed by atoms with Gasteiger partial charge in [0.2, 0.25) is 5.82 Å². The lowest BCUT2D eigenvalue weighted by molar-refractivity contribution is -0.0442. The summed E-state index contributed by atoms with van der Waals surface area (Å²) < 4.78 is 44.9. The number of H-pyrrole nitrogens is 1. The average Bonchev–Trinajstić information content (AvgIpc) is 3.24. The number of rotatable bonds is 10. The highest BCUT2D eigenvalue weighted by atomic mass is 35.5. The second-order valence-electron chi connectivity index (χ2n) is 8.09. The van der Waals surface area contributed by atoms with Crippen LogP contribution in [0.4, 0.5) is 4.39 Å². The second kappa shape index (κ2) is 11.6. The Labute approximate surface area is 210 Å². The van der Waals surface area contributed by atoms with E-state index >= 15 is 0 Å². The monoisotopic (exact) mass is 539 g/mol. The quantitative estimate of drug-likeness (QED) is 0.335. The van der Waals surface area contributed by atoms with Gasteiger partial charge in [-0.05, 0) is 23.3 Å². The topological polar surface area (TPSA) is 132 Å². The van der Waals surface area contributed by atoms with E-state index in [-0.39, 0.29) is 26.2 Å². The Morgan fingerprint density at radius 1 is 1.14 bits per heavy atom. The number of hydrogen-bond acceptors (Lipinski definition) is 7. The van der Waals surface area contributed by atoms with Crippen molar-refractivity contribution in [2.45, 2.75) is 38.0 Å². The number of nitrogens with zero attached hydrogens (tertiary/aromatic N) is 1. The molecule has 13 heteroatoms. The van der Waals surface area contributed by atoms with E-state index in [4.69, 9.17) is 25.4 Å². The minimum Gasteiger partial charge on any atom is -0.390 e. The molecule has 2 aromatic carbocycles.